The largest absolute Gasteiger partial charge is 0.481 e. The van der Waals surface area contributed by atoms with Gasteiger partial charge in [0.05, 0.1) is 31.5 Å². The summed E-state index contributed by atoms with van der Waals surface area (Å²) in [5.74, 6) is 2.60. The molecule has 1 aliphatic heterocycles. The van der Waals surface area contributed by atoms with E-state index < -0.39 is 0 Å². The maximum atomic E-state index is 13.7. The number of nitrogens with one attached hydrogen (secondary N) is 1. The third-order valence-electron chi connectivity index (χ3n) is 6.42. The number of aliphatic imine (C=N–C) groups is 1. The van der Waals surface area contributed by atoms with Crippen LogP contribution in [0.3, 0.4) is 0 Å². The minimum Gasteiger partial charge on any atom is -0.481 e. The van der Waals surface area contributed by atoms with Crippen LogP contribution >= 0.6 is 0 Å². The van der Waals surface area contributed by atoms with Crippen molar-refractivity contribution in [3.05, 3.63) is 39.6 Å². The average Bonchev–Trinajstić information content (AvgIpc) is 3.67. The fraction of sp³-hybridized carbons (Fsp3) is 0.583. The Bertz CT molecular complexity index is 982. The number of nitrogens with zero attached hydrogens (tertiary/aromatic N) is 4. The molecule has 31 heavy (non-hydrogen) atoms. The zero-order chi connectivity index (χ0) is 22.3. The number of fused-ring (bicyclic) bond motifs is 1. The molecule has 0 radical (unpaired) electrons. The predicted molar refractivity (Wildman–Crippen MR) is 121 cm³/mol. The van der Waals surface area contributed by atoms with E-state index in [0.717, 1.165) is 59.7 Å². The van der Waals surface area contributed by atoms with Gasteiger partial charge < -0.3 is 15.0 Å². The number of carbonyl (C=O) groups is 1. The van der Waals surface area contributed by atoms with Crippen LogP contribution in [-0.4, -0.2) is 40.1 Å². The third kappa shape index (κ3) is 4.23. The molecular formula is C24H33N5O2. The van der Waals surface area contributed by atoms with Gasteiger partial charge in [-0.25, -0.2) is 9.98 Å². The van der Waals surface area contributed by atoms with Gasteiger partial charge in [0, 0.05) is 22.6 Å². The van der Waals surface area contributed by atoms with Gasteiger partial charge in [0.15, 0.2) is 0 Å². The Morgan fingerprint density at radius 2 is 2.00 bits per heavy atom. The Kier molecular flexibility index (Phi) is 5.62. The van der Waals surface area contributed by atoms with Gasteiger partial charge in [0.25, 0.3) is 5.91 Å². The second-order valence-corrected chi connectivity index (χ2v) is 9.35. The Labute approximate surface area is 184 Å². The van der Waals surface area contributed by atoms with E-state index in [4.69, 9.17) is 9.72 Å². The number of hydrogen-bond donors (Lipinski definition) is 1. The molecular weight excluding hydrogens is 390 g/mol. The van der Waals surface area contributed by atoms with Crippen molar-refractivity contribution in [2.45, 2.75) is 84.3 Å². The highest BCUT2D eigenvalue weighted by Gasteiger charge is 2.39. The lowest BCUT2D eigenvalue weighted by molar-refractivity contribution is -0.127. The second kappa shape index (κ2) is 8.09. The number of amides is 1. The lowest BCUT2D eigenvalue weighted by Gasteiger charge is -2.23. The smallest absolute Gasteiger partial charge is 0.254 e. The number of aromatic nitrogens is 2. The molecule has 0 saturated heterocycles. The molecule has 0 aromatic carbocycles. The van der Waals surface area contributed by atoms with Crippen LogP contribution in [0.5, 0.6) is 5.88 Å². The maximum Gasteiger partial charge on any atom is 0.254 e. The highest BCUT2D eigenvalue weighted by molar-refractivity contribution is 5.99. The van der Waals surface area contributed by atoms with Gasteiger partial charge in [0.1, 0.15) is 11.6 Å². The molecule has 3 aliphatic rings. The fourth-order valence-corrected chi connectivity index (χ4v) is 4.15. The minimum absolute atomic E-state index is 0.00576. The quantitative estimate of drug-likeness (QED) is 0.388. The fourth-order valence-electron chi connectivity index (χ4n) is 4.15. The van der Waals surface area contributed by atoms with Crippen LogP contribution in [0.1, 0.15) is 82.8 Å². The van der Waals surface area contributed by atoms with Crippen LogP contribution in [0.25, 0.3) is 0 Å². The summed E-state index contributed by atoms with van der Waals surface area (Å²) >= 11 is 0. The Morgan fingerprint density at radius 1 is 1.29 bits per heavy atom. The SMILES string of the molecule is C=N/C(NC1(C)CC1)=C(\CC)C(C(=O)N1Cc2nc(C3CC3)nc(OC)c2C1)=C(C)C. The summed E-state index contributed by atoms with van der Waals surface area (Å²) in [7, 11) is 1.63. The van der Waals surface area contributed by atoms with Gasteiger partial charge in [-0.05, 0) is 59.6 Å². The average molecular weight is 424 g/mol. The van der Waals surface area contributed by atoms with Crippen molar-refractivity contribution in [1.82, 2.24) is 20.2 Å². The summed E-state index contributed by atoms with van der Waals surface area (Å²) in [6.45, 7) is 12.9. The molecule has 1 amide bonds. The molecule has 1 aromatic heterocycles. The van der Waals surface area contributed by atoms with Gasteiger partial charge >= 0.3 is 0 Å². The summed E-state index contributed by atoms with van der Waals surface area (Å²) in [6.07, 6.45) is 5.15. The van der Waals surface area contributed by atoms with Crippen LogP contribution in [0.4, 0.5) is 0 Å². The molecule has 0 unspecified atom stereocenters. The number of methoxy groups -OCH3 is 1. The summed E-state index contributed by atoms with van der Waals surface area (Å²) in [5, 5.41) is 3.51. The number of hydrogen-bond acceptors (Lipinski definition) is 6. The highest BCUT2D eigenvalue weighted by Crippen LogP contribution is 2.41. The number of rotatable bonds is 8. The number of allylic oxidation sites excluding steroid dienone is 1. The van der Waals surface area contributed by atoms with E-state index >= 15 is 0 Å². The van der Waals surface area contributed by atoms with Crippen molar-refractivity contribution in [2.24, 2.45) is 4.99 Å². The second-order valence-electron chi connectivity index (χ2n) is 9.35. The van der Waals surface area contributed by atoms with Gasteiger partial charge in [0.2, 0.25) is 5.88 Å². The van der Waals surface area contributed by atoms with E-state index in [1.807, 2.05) is 18.7 Å². The molecule has 2 saturated carbocycles. The lowest BCUT2D eigenvalue weighted by atomic mass is 9.97. The Hall–Kier alpha value is -2.70. The predicted octanol–water partition coefficient (Wildman–Crippen LogP) is 4.01. The standard InChI is InChI=1S/C24H33N5O2/c1-7-16(21(25-5)28-24(4)10-11-24)19(14(2)3)23(30)29-12-17-18(13-29)26-20(15-8-9-15)27-22(17)31-6/h15,28H,5,7-13H2,1-4,6H3/b21-16-. The maximum absolute atomic E-state index is 13.7. The van der Waals surface area contributed by atoms with Crippen LogP contribution < -0.4 is 10.1 Å². The van der Waals surface area contributed by atoms with Gasteiger partial charge in [-0.2, -0.15) is 4.98 Å². The van der Waals surface area contributed by atoms with Crippen molar-refractivity contribution in [2.75, 3.05) is 7.11 Å². The van der Waals surface area contributed by atoms with Crippen LogP contribution in [0.15, 0.2) is 27.5 Å². The molecule has 0 atom stereocenters. The monoisotopic (exact) mass is 423 g/mol. The molecule has 2 aliphatic carbocycles. The summed E-state index contributed by atoms with van der Waals surface area (Å²) in [4.78, 5) is 29.3. The first kappa shape index (κ1) is 21.5. The van der Waals surface area contributed by atoms with E-state index in [0.29, 0.717) is 36.9 Å². The topological polar surface area (TPSA) is 79.7 Å². The van der Waals surface area contributed by atoms with Crippen molar-refractivity contribution in [1.29, 1.82) is 0 Å². The summed E-state index contributed by atoms with van der Waals surface area (Å²) < 4.78 is 5.55. The Balaban J connectivity index is 1.64. The molecule has 166 valence electrons. The summed E-state index contributed by atoms with van der Waals surface area (Å²) in [6, 6.07) is 0. The first-order valence-corrected chi connectivity index (χ1v) is 11.2. The van der Waals surface area contributed by atoms with Crippen molar-refractivity contribution >= 4 is 12.6 Å². The highest BCUT2D eigenvalue weighted by atomic mass is 16.5. The number of ether oxygens (including phenoxy) is 1. The lowest BCUT2D eigenvalue weighted by Crippen LogP contribution is -2.31. The molecule has 0 bridgehead atoms. The van der Waals surface area contributed by atoms with E-state index in [9.17, 15) is 4.79 Å². The normalized spacial score (nSPS) is 19.3. The first-order chi connectivity index (χ1) is 14.8. The molecule has 7 heteroatoms. The van der Waals surface area contributed by atoms with Gasteiger partial charge in [-0.1, -0.05) is 12.5 Å². The van der Waals surface area contributed by atoms with E-state index in [1.165, 1.54) is 0 Å². The molecule has 7 nitrogen and oxygen atoms in total. The zero-order valence-electron chi connectivity index (χ0n) is 19.3. The van der Waals surface area contributed by atoms with Crippen molar-refractivity contribution in [3.63, 3.8) is 0 Å². The van der Waals surface area contributed by atoms with Crippen LogP contribution in [-0.2, 0) is 17.9 Å². The van der Waals surface area contributed by atoms with E-state index in [-0.39, 0.29) is 11.4 Å². The van der Waals surface area contributed by atoms with Crippen molar-refractivity contribution < 1.29 is 9.53 Å². The zero-order valence-corrected chi connectivity index (χ0v) is 19.3. The van der Waals surface area contributed by atoms with Crippen molar-refractivity contribution in [3.8, 4) is 5.88 Å². The minimum atomic E-state index is -0.00576. The Morgan fingerprint density at radius 3 is 2.52 bits per heavy atom. The molecule has 1 aromatic rings. The third-order valence-corrected chi connectivity index (χ3v) is 6.42. The first-order valence-electron chi connectivity index (χ1n) is 11.2. The summed E-state index contributed by atoms with van der Waals surface area (Å²) in [5.41, 5.74) is 4.48. The van der Waals surface area contributed by atoms with Crippen LogP contribution in [0.2, 0.25) is 0 Å². The van der Waals surface area contributed by atoms with Gasteiger partial charge in [-0.15, -0.1) is 0 Å². The molecule has 4 rings (SSSR count). The number of carbonyl (C=O) groups excluding carboxylic acids is 1. The molecule has 1 N–H and O–H groups in total. The van der Waals surface area contributed by atoms with E-state index in [2.05, 4.69) is 35.9 Å². The van der Waals surface area contributed by atoms with Crippen LogP contribution in [0, 0.1) is 0 Å². The molecule has 0 spiro atoms. The molecule has 2 fully saturated rings. The molecule has 2 heterocycles. The van der Waals surface area contributed by atoms with E-state index in [1.54, 1.807) is 7.11 Å². The van der Waals surface area contributed by atoms with Gasteiger partial charge in [-0.3, -0.25) is 4.79 Å².